The molecule has 9 heavy (non-hydrogen) atoms. The van der Waals surface area contributed by atoms with Crippen LogP contribution in [0.1, 0.15) is 33.1 Å². The highest BCUT2D eigenvalue weighted by atomic mass is 16.6. The number of ether oxygens (including phenoxy) is 1. The summed E-state index contributed by atoms with van der Waals surface area (Å²) in [4.78, 5) is 0. The molecular weight excluding hydrogens is 116 g/mol. The molecule has 0 bridgehead atoms. The van der Waals surface area contributed by atoms with Gasteiger partial charge in [-0.05, 0) is 19.8 Å². The fraction of sp³-hybridized carbons (Fsp3) is 1.00. The van der Waals surface area contributed by atoms with E-state index in [-0.39, 0.29) is 0 Å². The van der Waals surface area contributed by atoms with Gasteiger partial charge in [-0.2, -0.15) is 0 Å². The van der Waals surface area contributed by atoms with Gasteiger partial charge in [-0.25, -0.2) is 0 Å². The number of hydrogen-bond donors (Lipinski definition) is 1. The molecule has 0 rings (SSSR count). The summed E-state index contributed by atoms with van der Waals surface area (Å²) in [6.07, 6.45) is 2.39. The molecule has 0 aromatic rings. The number of aliphatic hydroxyl groups is 1. The van der Waals surface area contributed by atoms with Crippen molar-refractivity contribution in [2.24, 2.45) is 0 Å². The summed E-state index contributed by atoms with van der Waals surface area (Å²) < 4.78 is 4.90. The molecule has 1 N–H and O–H groups in total. The van der Waals surface area contributed by atoms with Gasteiger partial charge in [-0.3, -0.25) is 0 Å². The van der Waals surface area contributed by atoms with E-state index in [1.54, 1.807) is 0 Å². The van der Waals surface area contributed by atoms with E-state index in [2.05, 4.69) is 6.92 Å². The van der Waals surface area contributed by atoms with Gasteiger partial charge in [0.25, 0.3) is 0 Å². The molecule has 0 spiro atoms. The van der Waals surface area contributed by atoms with Crippen molar-refractivity contribution in [1.29, 1.82) is 0 Å². The van der Waals surface area contributed by atoms with Gasteiger partial charge in [0, 0.05) is 6.61 Å². The Labute approximate surface area is 56.8 Å². The van der Waals surface area contributed by atoms with Crippen LogP contribution >= 0.6 is 0 Å². The van der Waals surface area contributed by atoms with Gasteiger partial charge in [0.05, 0.1) is 0 Å². The van der Waals surface area contributed by atoms with Gasteiger partial charge in [-0.1, -0.05) is 13.3 Å². The Bertz CT molecular complexity index is 54.9. The second kappa shape index (κ2) is 6.05. The van der Waals surface area contributed by atoms with E-state index in [0.29, 0.717) is 6.61 Å². The molecule has 0 aliphatic rings. The lowest BCUT2D eigenvalue weighted by Gasteiger charge is -2.07. The lowest BCUT2D eigenvalue weighted by molar-refractivity contribution is -0.0992. The highest BCUT2D eigenvalue weighted by Gasteiger charge is 1.99. The van der Waals surface area contributed by atoms with E-state index in [1.165, 1.54) is 0 Å². The number of rotatable bonds is 5. The van der Waals surface area contributed by atoms with Crippen molar-refractivity contribution in [2.75, 3.05) is 6.61 Å². The minimum Gasteiger partial charge on any atom is -0.368 e. The monoisotopic (exact) mass is 132 g/mol. The van der Waals surface area contributed by atoms with Crippen LogP contribution in [-0.4, -0.2) is 18.0 Å². The van der Waals surface area contributed by atoms with Crippen molar-refractivity contribution >= 4 is 0 Å². The van der Waals surface area contributed by atoms with Crippen molar-refractivity contribution in [3.63, 3.8) is 0 Å². The maximum atomic E-state index is 8.96. The van der Waals surface area contributed by atoms with Gasteiger partial charge in [0.2, 0.25) is 0 Å². The first kappa shape index (κ1) is 8.92. The molecule has 0 saturated heterocycles. The van der Waals surface area contributed by atoms with Crippen molar-refractivity contribution in [3.05, 3.63) is 0 Å². The summed E-state index contributed by atoms with van der Waals surface area (Å²) in [7, 11) is 0. The van der Waals surface area contributed by atoms with Crippen LogP contribution in [-0.2, 0) is 4.74 Å². The molecule has 2 heteroatoms. The normalized spacial score (nSPS) is 13.7. The zero-order chi connectivity index (χ0) is 7.11. The summed E-state index contributed by atoms with van der Waals surface area (Å²) in [5, 5.41) is 8.96. The first-order chi connectivity index (χ1) is 4.31. The van der Waals surface area contributed by atoms with E-state index < -0.39 is 6.29 Å². The Morgan fingerprint density at radius 1 is 1.44 bits per heavy atom. The predicted molar refractivity (Wildman–Crippen MR) is 37.2 cm³/mol. The van der Waals surface area contributed by atoms with Crippen LogP contribution in [0.5, 0.6) is 0 Å². The Hall–Kier alpha value is -0.0800. The van der Waals surface area contributed by atoms with E-state index in [1.807, 2.05) is 6.92 Å². The molecule has 0 aliphatic carbocycles. The van der Waals surface area contributed by atoms with Crippen LogP contribution in [0, 0.1) is 0 Å². The summed E-state index contributed by atoms with van der Waals surface area (Å²) in [6, 6.07) is 0. The van der Waals surface area contributed by atoms with Gasteiger partial charge in [0.1, 0.15) is 0 Å². The fourth-order valence-corrected chi connectivity index (χ4v) is 0.654. The van der Waals surface area contributed by atoms with Crippen molar-refractivity contribution in [2.45, 2.75) is 39.4 Å². The average Bonchev–Trinajstić information content (AvgIpc) is 1.85. The topological polar surface area (TPSA) is 29.5 Å². The lowest BCUT2D eigenvalue weighted by atomic mass is 10.2. The third-order valence-electron chi connectivity index (χ3n) is 1.16. The number of unbranched alkanes of at least 4 members (excludes halogenated alkanes) is 1. The van der Waals surface area contributed by atoms with Gasteiger partial charge in [0.15, 0.2) is 6.29 Å². The Balaban J connectivity index is 2.95. The fourth-order valence-electron chi connectivity index (χ4n) is 0.654. The highest BCUT2D eigenvalue weighted by molar-refractivity contribution is 4.40. The lowest BCUT2D eigenvalue weighted by Crippen LogP contribution is -2.10. The van der Waals surface area contributed by atoms with Crippen molar-refractivity contribution in [1.82, 2.24) is 0 Å². The molecule has 56 valence electrons. The van der Waals surface area contributed by atoms with E-state index in [9.17, 15) is 0 Å². The highest BCUT2D eigenvalue weighted by Crippen LogP contribution is 2.00. The zero-order valence-electron chi connectivity index (χ0n) is 6.26. The smallest absolute Gasteiger partial charge is 0.154 e. The summed E-state index contributed by atoms with van der Waals surface area (Å²) >= 11 is 0. The van der Waals surface area contributed by atoms with Gasteiger partial charge < -0.3 is 9.84 Å². The van der Waals surface area contributed by atoms with E-state index >= 15 is 0 Å². The third-order valence-corrected chi connectivity index (χ3v) is 1.16. The first-order valence-electron chi connectivity index (χ1n) is 3.61. The quantitative estimate of drug-likeness (QED) is 0.575. The molecule has 0 aromatic carbocycles. The average molecular weight is 132 g/mol. The minimum absolute atomic E-state index is 0.532. The molecule has 2 nitrogen and oxygen atoms in total. The molecule has 0 aromatic heterocycles. The SMILES string of the molecule is CCCC[C@@H](O)OCC. The third kappa shape index (κ3) is 5.80. The summed E-state index contributed by atoms with van der Waals surface area (Å²) in [5.74, 6) is 0. The number of aliphatic hydroxyl groups excluding tert-OH is 1. The van der Waals surface area contributed by atoms with E-state index in [0.717, 1.165) is 19.3 Å². The first-order valence-corrected chi connectivity index (χ1v) is 3.61. The van der Waals surface area contributed by atoms with Crippen molar-refractivity contribution < 1.29 is 9.84 Å². The van der Waals surface area contributed by atoms with Gasteiger partial charge in [-0.15, -0.1) is 0 Å². The molecule has 0 unspecified atom stereocenters. The van der Waals surface area contributed by atoms with Crippen molar-refractivity contribution in [3.8, 4) is 0 Å². The molecule has 1 atom stereocenters. The molecule has 0 fully saturated rings. The van der Waals surface area contributed by atoms with Crippen LogP contribution in [0.15, 0.2) is 0 Å². The standard InChI is InChI=1S/C7H16O2/c1-3-5-6-7(8)9-4-2/h7-8H,3-6H2,1-2H3/t7-/m0/s1. The molecule has 0 heterocycles. The zero-order valence-corrected chi connectivity index (χ0v) is 6.26. The maximum Gasteiger partial charge on any atom is 0.154 e. The van der Waals surface area contributed by atoms with Crippen LogP contribution in [0.4, 0.5) is 0 Å². The maximum absolute atomic E-state index is 8.96. The van der Waals surface area contributed by atoms with E-state index in [4.69, 9.17) is 9.84 Å². The molecule has 0 saturated carbocycles. The molecule has 0 amide bonds. The molecular formula is C7H16O2. The summed E-state index contributed by atoms with van der Waals surface area (Å²) in [6.45, 7) is 4.58. The molecule has 0 radical (unpaired) electrons. The second-order valence-electron chi connectivity index (χ2n) is 2.05. The minimum atomic E-state index is -0.532. The van der Waals surface area contributed by atoms with Crippen LogP contribution in [0.2, 0.25) is 0 Å². The second-order valence-corrected chi connectivity index (χ2v) is 2.05. The Morgan fingerprint density at radius 3 is 2.56 bits per heavy atom. The predicted octanol–water partition coefficient (Wildman–Crippen LogP) is 1.53. The summed E-state index contributed by atoms with van der Waals surface area (Å²) in [5.41, 5.74) is 0. The Kier molecular flexibility index (Phi) is 5.99. The van der Waals surface area contributed by atoms with Crippen LogP contribution in [0.25, 0.3) is 0 Å². The largest absolute Gasteiger partial charge is 0.368 e. The van der Waals surface area contributed by atoms with Crippen LogP contribution < -0.4 is 0 Å². The number of hydrogen-bond acceptors (Lipinski definition) is 2. The Morgan fingerprint density at radius 2 is 2.11 bits per heavy atom. The molecule has 0 aliphatic heterocycles. The van der Waals surface area contributed by atoms with Gasteiger partial charge >= 0.3 is 0 Å². The van der Waals surface area contributed by atoms with Crippen LogP contribution in [0.3, 0.4) is 0 Å².